The minimum atomic E-state index is 0. The second-order valence-electron chi connectivity index (χ2n) is 3.04. The van der Waals surface area contributed by atoms with Gasteiger partial charge in [0.25, 0.3) is 0 Å². The number of benzene rings is 2. The molecule has 0 spiro atoms. The van der Waals surface area contributed by atoms with Gasteiger partial charge in [0, 0.05) is 12.1 Å². The molecular weight excluding hydrogens is 220 g/mol. The lowest BCUT2D eigenvalue weighted by Gasteiger charge is -1.89. The van der Waals surface area contributed by atoms with Crippen molar-refractivity contribution in [3.63, 3.8) is 0 Å². The van der Waals surface area contributed by atoms with Gasteiger partial charge in [0.1, 0.15) is 23.0 Å². The maximum atomic E-state index is 8.65. The minimum absolute atomic E-state index is 0. The van der Waals surface area contributed by atoms with Crippen molar-refractivity contribution in [1.82, 2.24) is 0 Å². The first-order valence-corrected chi connectivity index (χ1v) is 4.54. The number of hydrogen-bond acceptors (Lipinski definition) is 4. The largest absolute Gasteiger partial charge is 0.508 e. The number of phenols is 4. The molecule has 4 nitrogen and oxygen atoms in total. The van der Waals surface area contributed by atoms with Crippen LogP contribution < -0.4 is 0 Å². The Kier molecular flexibility index (Phi) is 6.03. The Balaban J connectivity index is 0.000000284. The molecule has 0 aliphatic heterocycles. The molecule has 92 valence electrons. The van der Waals surface area contributed by atoms with Crippen LogP contribution in [0.3, 0.4) is 0 Å². The molecule has 0 radical (unpaired) electrons. The van der Waals surface area contributed by atoms with Crippen LogP contribution in [0.1, 0.15) is 7.43 Å². The van der Waals surface area contributed by atoms with E-state index in [4.69, 9.17) is 20.4 Å². The van der Waals surface area contributed by atoms with Gasteiger partial charge >= 0.3 is 0 Å². The van der Waals surface area contributed by atoms with Crippen LogP contribution in [0, 0.1) is 0 Å². The van der Waals surface area contributed by atoms with E-state index in [-0.39, 0.29) is 30.4 Å². The van der Waals surface area contributed by atoms with Gasteiger partial charge in [-0.3, -0.25) is 0 Å². The molecule has 2 rings (SSSR count). The highest BCUT2D eigenvalue weighted by Crippen LogP contribution is 2.15. The standard InChI is InChI=1S/2C6H6O2.CH4/c2*7-5-2-1-3-6(8)4-5;/h2*1-4,7-8H;1H4. The summed E-state index contributed by atoms with van der Waals surface area (Å²) in [4.78, 5) is 0. The van der Waals surface area contributed by atoms with E-state index >= 15 is 0 Å². The molecule has 0 heterocycles. The SMILES string of the molecule is C.Oc1cccc(O)c1.Oc1cccc(O)c1. The Morgan fingerprint density at radius 2 is 0.765 bits per heavy atom. The highest BCUT2D eigenvalue weighted by atomic mass is 16.3. The van der Waals surface area contributed by atoms with E-state index in [1.807, 2.05) is 0 Å². The lowest BCUT2D eigenvalue weighted by Crippen LogP contribution is -1.61. The molecular formula is C13H16O4. The van der Waals surface area contributed by atoms with Gasteiger partial charge in [0.15, 0.2) is 0 Å². The summed E-state index contributed by atoms with van der Waals surface area (Å²) < 4.78 is 0. The van der Waals surface area contributed by atoms with Crippen molar-refractivity contribution in [2.75, 3.05) is 0 Å². The molecule has 0 fully saturated rings. The predicted molar refractivity (Wildman–Crippen MR) is 66.3 cm³/mol. The summed E-state index contributed by atoms with van der Waals surface area (Å²) in [6.07, 6.45) is 0. The van der Waals surface area contributed by atoms with Gasteiger partial charge < -0.3 is 20.4 Å². The summed E-state index contributed by atoms with van der Waals surface area (Å²) in [5.41, 5.74) is 0. The lowest BCUT2D eigenvalue weighted by molar-refractivity contribution is 0.449. The first kappa shape index (κ1) is 14.6. The Hall–Kier alpha value is -2.36. The third-order valence-corrected chi connectivity index (χ3v) is 1.66. The summed E-state index contributed by atoms with van der Waals surface area (Å²) in [5, 5.41) is 34.6. The molecule has 0 bridgehead atoms. The summed E-state index contributed by atoms with van der Waals surface area (Å²) in [7, 11) is 0. The van der Waals surface area contributed by atoms with Crippen LogP contribution >= 0.6 is 0 Å². The molecule has 0 aliphatic rings. The highest BCUT2D eigenvalue weighted by Gasteiger charge is 1.86. The summed E-state index contributed by atoms with van der Waals surface area (Å²) in [5.74, 6) is 0.352. The number of hydrogen-bond donors (Lipinski definition) is 4. The molecule has 0 aromatic heterocycles. The summed E-state index contributed by atoms with van der Waals surface area (Å²) in [6, 6.07) is 11.7. The van der Waals surface area contributed by atoms with Crippen molar-refractivity contribution in [2.24, 2.45) is 0 Å². The molecule has 17 heavy (non-hydrogen) atoms. The highest BCUT2D eigenvalue weighted by molar-refractivity contribution is 5.30. The molecule has 0 saturated carbocycles. The maximum absolute atomic E-state index is 8.65. The zero-order valence-electron chi connectivity index (χ0n) is 8.41. The van der Waals surface area contributed by atoms with Crippen LogP contribution in [0.2, 0.25) is 0 Å². The van der Waals surface area contributed by atoms with E-state index in [9.17, 15) is 0 Å². The Bertz CT molecular complexity index is 377. The Morgan fingerprint density at radius 1 is 0.529 bits per heavy atom. The lowest BCUT2D eigenvalue weighted by atomic mass is 10.3. The van der Waals surface area contributed by atoms with Crippen molar-refractivity contribution < 1.29 is 20.4 Å². The number of rotatable bonds is 0. The second-order valence-corrected chi connectivity index (χ2v) is 3.04. The smallest absolute Gasteiger partial charge is 0.119 e. The first-order chi connectivity index (χ1) is 7.58. The van der Waals surface area contributed by atoms with Gasteiger partial charge in [0.2, 0.25) is 0 Å². The Labute approximate surface area is 100 Å². The third-order valence-electron chi connectivity index (χ3n) is 1.66. The monoisotopic (exact) mass is 236 g/mol. The molecule has 2 aromatic rings. The second kappa shape index (κ2) is 7.00. The van der Waals surface area contributed by atoms with Gasteiger partial charge in [-0.05, 0) is 24.3 Å². The van der Waals surface area contributed by atoms with E-state index in [1.54, 1.807) is 12.1 Å². The molecule has 4 N–H and O–H groups in total. The summed E-state index contributed by atoms with van der Waals surface area (Å²) >= 11 is 0. The van der Waals surface area contributed by atoms with E-state index < -0.39 is 0 Å². The summed E-state index contributed by atoms with van der Waals surface area (Å²) in [6.45, 7) is 0. The van der Waals surface area contributed by atoms with Crippen LogP contribution in [0.15, 0.2) is 48.5 Å². The van der Waals surface area contributed by atoms with Gasteiger partial charge in [0.05, 0.1) is 0 Å². The quantitative estimate of drug-likeness (QED) is 0.567. The maximum Gasteiger partial charge on any atom is 0.119 e. The molecule has 4 heteroatoms. The average molecular weight is 236 g/mol. The van der Waals surface area contributed by atoms with Crippen molar-refractivity contribution in [3.05, 3.63) is 48.5 Å². The molecule has 0 aliphatic carbocycles. The molecule has 0 saturated heterocycles. The van der Waals surface area contributed by atoms with Crippen molar-refractivity contribution in [1.29, 1.82) is 0 Å². The number of aromatic hydroxyl groups is 4. The van der Waals surface area contributed by atoms with Crippen molar-refractivity contribution in [2.45, 2.75) is 7.43 Å². The van der Waals surface area contributed by atoms with E-state index in [0.29, 0.717) is 0 Å². The fourth-order valence-corrected chi connectivity index (χ4v) is 0.986. The van der Waals surface area contributed by atoms with Crippen LogP contribution in [0.25, 0.3) is 0 Å². The minimum Gasteiger partial charge on any atom is -0.508 e. The number of phenolic OH excluding ortho intramolecular Hbond substituents is 4. The van der Waals surface area contributed by atoms with Crippen molar-refractivity contribution in [3.8, 4) is 23.0 Å². The fourth-order valence-electron chi connectivity index (χ4n) is 0.986. The third kappa shape index (κ3) is 5.94. The molecule has 0 amide bonds. The molecule has 0 unspecified atom stereocenters. The van der Waals surface area contributed by atoms with E-state index in [1.165, 1.54) is 36.4 Å². The zero-order chi connectivity index (χ0) is 12.0. The van der Waals surface area contributed by atoms with E-state index in [0.717, 1.165) is 0 Å². The predicted octanol–water partition coefficient (Wildman–Crippen LogP) is 2.83. The topological polar surface area (TPSA) is 80.9 Å². The van der Waals surface area contributed by atoms with Crippen molar-refractivity contribution >= 4 is 0 Å². The van der Waals surface area contributed by atoms with Crippen LogP contribution in [0.5, 0.6) is 23.0 Å². The first-order valence-electron chi connectivity index (χ1n) is 4.54. The van der Waals surface area contributed by atoms with Gasteiger partial charge in [-0.25, -0.2) is 0 Å². The van der Waals surface area contributed by atoms with Gasteiger partial charge in [-0.1, -0.05) is 19.6 Å². The molecule has 0 atom stereocenters. The van der Waals surface area contributed by atoms with Crippen LogP contribution in [-0.4, -0.2) is 20.4 Å². The molecule has 2 aromatic carbocycles. The van der Waals surface area contributed by atoms with Gasteiger partial charge in [-0.2, -0.15) is 0 Å². The van der Waals surface area contributed by atoms with E-state index in [2.05, 4.69) is 0 Å². The van der Waals surface area contributed by atoms with Crippen LogP contribution in [0.4, 0.5) is 0 Å². The Morgan fingerprint density at radius 3 is 0.882 bits per heavy atom. The van der Waals surface area contributed by atoms with Gasteiger partial charge in [-0.15, -0.1) is 0 Å². The normalized spacial score (nSPS) is 8.47. The zero-order valence-corrected chi connectivity index (χ0v) is 8.41. The average Bonchev–Trinajstić information content (AvgIpc) is 2.17. The van der Waals surface area contributed by atoms with Crippen LogP contribution in [-0.2, 0) is 0 Å². The fraction of sp³-hybridized carbons (Fsp3) is 0.0769.